The maximum atomic E-state index is 11.5. The minimum absolute atomic E-state index is 0.363. The lowest BCUT2D eigenvalue weighted by Gasteiger charge is -1.97. The maximum absolute atomic E-state index is 11.5. The highest BCUT2D eigenvalue weighted by Gasteiger charge is 2.26. The van der Waals surface area contributed by atoms with Crippen molar-refractivity contribution in [2.75, 3.05) is 5.73 Å². The van der Waals surface area contributed by atoms with Crippen molar-refractivity contribution in [3.05, 3.63) is 22.7 Å². The molecule has 0 aliphatic heterocycles. The smallest absolute Gasteiger partial charge is 0.277 e. The summed E-state index contributed by atoms with van der Waals surface area (Å²) in [5.74, 6) is 5.34. The van der Waals surface area contributed by atoms with Crippen LogP contribution in [0.15, 0.2) is 12.1 Å². The number of fused-ring (bicyclic) bond motifs is 1. The van der Waals surface area contributed by atoms with Crippen LogP contribution >= 0.6 is 11.3 Å². The van der Waals surface area contributed by atoms with Gasteiger partial charge in [0.05, 0.1) is 5.69 Å². The second-order valence-electron chi connectivity index (χ2n) is 4.18. The molecule has 2 aromatic heterocycles. The molecule has 1 saturated carbocycles. The van der Waals surface area contributed by atoms with Crippen molar-refractivity contribution in [3.8, 4) is 0 Å². The lowest BCUT2D eigenvalue weighted by Crippen LogP contribution is -2.29. The maximum Gasteiger partial charge on any atom is 0.277 e. The molecule has 1 fully saturated rings. The van der Waals surface area contributed by atoms with Crippen LogP contribution in [-0.4, -0.2) is 10.9 Å². The molecule has 0 atom stereocenters. The normalized spacial score (nSPS) is 15.1. The number of rotatable bonds is 2. The Kier molecular flexibility index (Phi) is 2.27. The van der Waals surface area contributed by atoms with Gasteiger partial charge >= 0.3 is 0 Å². The van der Waals surface area contributed by atoms with Crippen LogP contribution in [0.3, 0.4) is 0 Å². The molecule has 1 aliphatic rings. The highest BCUT2D eigenvalue weighted by atomic mass is 32.1. The van der Waals surface area contributed by atoms with E-state index in [4.69, 9.17) is 11.6 Å². The average Bonchev–Trinajstić information content (AvgIpc) is 3.14. The van der Waals surface area contributed by atoms with E-state index in [2.05, 4.69) is 10.4 Å². The summed E-state index contributed by atoms with van der Waals surface area (Å²) >= 11 is 1.29. The number of carbonyl (C=O) groups excluding carboxylic acids is 1. The molecule has 17 heavy (non-hydrogen) atoms. The zero-order valence-corrected chi connectivity index (χ0v) is 9.88. The first-order valence-electron chi connectivity index (χ1n) is 5.40. The molecule has 0 radical (unpaired) electrons. The summed E-state index contributed by atoms with van der Waals surface area (Å²) in [6.07, 6.45) is 2.41. The largest absolute Gasteiger partial charge is 0.397 e. The van der Waals surface area contributed by atoms with Crippen LogP contribution in [0.4, 0.5) is 5.69 Å². The van der Waals surface area contributed by atoms with Gasteiger partial charge in [-0.05, 0) is 25.0 Å². The predicted octanol–water partition coefficient (Wildman–Crippen LogP) is 1.36. The van der Waals surface area contributed by atoms with Crippen LogP contribution in [-0.2, 0) is 0 Å². The summed E-state index contributed by atoms with van der Waals surface area (Å²) in [5.41, 5.74) is 9.56. The van der Waals surface area contributed by atoms with Crippen molar-refractivity contribution >= 4 is 33.1 Å². The molecule has 0 unspecified atom stereocenters. The third-order valence-electron chi connectivity index (χ3n) is 2.95. The van der Waals surface area contributed by atoms with Gasteiger partial charge in [-0.3, -0.25) is 10.2 Å². The fourth-order valence-electron chi connectivity index (χ4n) is 1.85. The van der Waals surface area contributed by atoms with Crippen LogP contribution in [0, 0.1) is 0 Å². The predicted molar refractivity (Wildman–Crippen MR) is 67.7 cm³/mol. The zero-order valence-electron chi connectivity index (χ0n) is 9.06. The van der Waals surface area contributed by atoms with Gasteiger partial charge in [0.15, 0.2) is 0 Å². The molecular weight excluding hydrogens is 236 g/mol. The minimum Gasteiger partial charge on any atom is -0.397 e. The number of hydrogen-bond acceptors (Lipinski definition) is 5. The van der Waals surface area contributed by atoms with Gasteiger partial charge in [-0.25, -0.2) is 10.8 Å². The van der Waals surface area contributed by atoms with E-state index in [1.165, 1.54) is 24.2 Å². The van der Waals surface area contributed by atoms with Crippen molar-refractivity contribution in [1.29, 1.82) is 0 Å². The number of nitrogen functional groups attached to an aromatic ring is 2. The Morgan fingerprint density at radius 2 is 2.24 bits per heavy atom. The Bertz CT molecular complexity index is 603. The number of amides is 1. The van der Waals surface area contributed by atoms with Gasteiger partial charge in [-0.15, -0.1) is 11.3 Å². The van der Waals surface area contributed by atoms with E-state index >= 15 is 0 Å². The molecule has 2 aromatic rings. The first-order valence-corrected chi connectivity index (χ1v) is 6.22. The van der Waals surface area contributed by atoms with Crippen molar-refractivity contribution in [2.45, 2.75) is 18.8 Å². The monoisotopic (exact) mass is 248 g/mol. The molecule has 1 amide bonds. The quantitative estimate of drug-likeness (QED) is 0.425. The first-order chi connectivity index (χ1) is 8.20. The van der Waals surface area contributed by atoms with Crippen LogP contribution in [0.1, 0.15) is 34.1 Å². The molecule has 1 aliphatic carbocycles. The number of hydrogen-bond donors (Lipinski definition) is 3. The number of nitrogens with two attached hydrogens (primary N) is 2. The van der Waals surface area contributed by atoms with Crippen molar-refractivity contribution in [3.63, 3.8) is 0 Å². The SMILES string of the molecule is NNC(=O)c1sc2nc(C3CC3)ccc2c1N. The Morgan fingerprint density at radius 1 is 1.47 bits per heavy atom. The number of nitrogens with one attached hydrogen (secondary N) is 1. The summed E-state index contributed by atoms with van der Waals surface area (Å²) in [6.45, 7) is 0. The minimum atomic E-state index is -0.363. The van der Waals surface area contributed by atoms with Crippen LogP contribution in [0.5, 0.6) is 0 Å². The zero-order chi connectivity index (χ0) is 12.0. The number of pyridine rings is 1. The van der Waals surface area contributed by atoms with Crippen LogP contribution in [0.2, 0.25) is 0 Å². The summed E-state index contributed by atoms with van der Waals surface area (Å²) in [7, 11) is 0. The molecule has 3 rings (SSSR count). The highest BCUT2D eigenvalue weighted by Crippen LogP contribution is 2.41. The standard InChI is InChI=1S/C11H12N4OS/c12-8-6-3-4-7(5-1-2-5)14-11(6)17-9(8)10(16)15-13/h3-5H,1-2,12-13H2,(H,15,16). The Morgan fingerprint density at radius 3 is 2.88 bits per heavy atom. The third-order valence-corrected chi connectivity index (χ3v) is 4.06. The number of nitrogens with zero attached hydrogens (tertiary/aromatic N) is 1. The summed E-state index contributed by atoms with van der Waals surface area (Å²) < 4.78 is 0. The van der Waals surface area contributed by atoms with Crippen molar-refractivity contribution < 1.29 is 4.79 Å². The first kappa shape index (κ1) is 10.5. The number of thiophene rings is 1. The summed E-state index contributed by atoms with van der Waals surface area (Å²) in [6, 6.07) is 3.93. The molecule has 6 heteroatoms. The Hall–Kier alpha value is -1.66. The van der Waals surface area contributed by atoms with Gasteiger partial charge in [0.2, 0.25) is 0 Å². The summed E-state index contributed by atoms with van der Waals surface area (Å²) in [5, 5.41) is 0.831. The third kappa shape index (κ3) is 1.65. The molecule has 88 valence electrons. The van der Waals surface area contributed by atoms with E-state index in [-0.39, 0.29) is 5.91 Å². The Balaban J connectivity index is 2.14. The van der Waals surface area contributed by atoms with Gasteiger partial charge in [0, 0.05) is 17.0 Å². The number of carbonyl (C=O) groups is 1. The van der Waals surface area contributed by atoms with E-state index in [9.17, 15) is 4.79 Å². The average molecular weight is 248 g/mol. The fourth-order valence-corrected chi connectivity index (χ4v) is 2.86. The van der Waals surface area contributed by atoms with Crippen LogP contribution in [0.25, 0.3) is 10.2 Å². The van der Waals surface area contributed by atoms with E-state index in [0.717, 1.165) is 15.9 Å². The molecule has 0 aromatic carbocycles. The number of hydrazine groups is 1. The second-order valence-corrected chi connectivity index (χ2v) is 5.18. The fraction of sp³-hybridized carbons (Fsp3) is 0.273. The molecule has 0 bridgehead atoms. The molecule has 0 spiro atoms. The van der Waals surface area contributed by atoms with Crippen LogP contribution < -0.4 is 17.0 Å². The van der Waals surface area contributed by atoms with E-state index in [1.54, 1.807) is 0 Å². The lowest BCUT2D eigenvalue weighted by atomic mass is 10.2. The van der Waals surface area contributed by atoms with Gasteiger partial charge in [-0.2, -0.15) is 0 Å². The topological polar surface area (TPSA) is 94.0 Å². The number of aromatic nitrogens is 1. The van der Waals surface area contributed by atoms with Crippen molar-refractivity contribution in [2.24, 2.45) is 5.84 Å². The lowest BCUT2D eigenvalue weighted by molar-refractivity contribution is 0.0958. The molecule has 0 saturated heterocycles. The summed E-state index contributed by atoms with van der Waals surface area (Å²) in [4.78, 5) is 17.3. The molecule has 2 heterocycles. The van der Waals surface area contributed by atoms with Gasteiger partial charge in [0.1, 0.15) is 9.71 Å². The van der Waals surface area contributed by atoms with E-state index in [1.807, 2.05) is 12.1 Å². The number of anilines is 1. The highest BCUT2D eigenvalue weighted by molar-refractivity contribution is 7.21. The molecule has 5 N–H and O–H groups in total. The molecule has 5 nitrogen and oxygen atoms in total. The second kappa shape index (κ2) is 3.68. The van der Waals surface area contributed by atoms with Gasteiger partial charge in [0.25, 0.3) is 5.91 Å². The van der Waals surface area contributed by atoms with E-state index < -0.39 is 0 Å². The van der Waals surface area contributed by atoms with Gasteiger partial charge in [-0.1, -0.05) is 0 Å². The van der Waals surface area contributed by atoms with Crippen molar-refractivity contribution in [1.82, 2.24) is 10.4 Å². The van der Waals surface area contributed by atoms with Gasteiger partial charge < -0.3 is 5.73 Å². The molecular formula is C11H12N4OS. The Labute approximate surface area is 102 Å². The van der Waals surface area contributed by atoms with E-state index in [0.29, 0.717) is 16.5 Å².